The van der Waals surface area contributed by atoms with Crippen molar-refractivity contribution in [1.82, 2.24) is 4.98 Å². The predicted molar refractivity (Wildman–Crippen MR) is 60.0 cm³/mol. The molecule has 0 aliphatic carbocycles. The molecule has 4 heteroatoms. The number of rotatable bonds is 6. The van der Waals surface area contributed by atoms with Crippen LogP contribution in [0.15, 0.2) is 18.2 Å². The lowest BCUT2D eigenvalue weighted by Crippen LogP contribution is -2.09. The van der Waals surface area contributed by atoms with Crippen LogP contribution in [-0.4, -0.2) is 24.3 Å². The van der Waals surface area contributed by atoms with Crippen molar-refractivity contribution in [2.45, 2.75) is 26.6 Å². The maximum absolute atomic E-state index is 5.74. The summed E-state index contributed by atoms with van der Waals surface area (Å²) in [5.74, 6) is 0. The van der Waals surface area contributed by atoms with E-state index in [2.05, 4.69) is 4.98 Å². The van der Waals surface area contributed by atoms with Gasteiger partial charge in [0, 0.05) is 0 Å². The summed E-state index contributed by atoms with van der Waals surface area (Å²) in [6, 6.07) is 5.49. The normalized spacial score (nSPS) is 10.9. The lowest BCUT2D eigenvalue weighted by molar-refractivity contribution is 0.0135. The number of halogens is 1. The zero-order valence-electron chi connectivity index (χ0n) is 9.07. The second-order valence-corrected chi connectivity index (χ2v) is 3.81. The molecule has 1 aromatic heterocycles. The molecule has 0 saturated carbocycles. The van der Waals surface area contributed by atoms with E-state index in [1.54, 1.807) is 6.07 Å². The molecule has 0 atom stereocenters. The molecular weight excluding hydrogens is 214 g/mol. The van der Waals surface area contributed by atoms with Gasteiger partial charge in [0.25, 0.3) is 0 Å². The minimum Gasteiger partial charge on any atom is -0.376 e. The van der Waals surface area contributed by atoms with Gasteiger partial charge in [0.15, 0.2) is 0 Å². The molecule has 0 bridgehead atoms. The Bertz CT molecular complexity index is 292. The van der Waals surface area contributed by atoms with Gasteiger partial charge in [-0.1, -0.05) is 17.7 Å². The summed E-state index contributed by atoms with van der Waals surface area (Å²) in [6.07, 6.45) is 0.248. The van der Waals surface area contributed by atoms with Gasteiger partial charge in [0.05, 0.1) is 31.6 Å². The molecule has 0 radical (unpaired) electrons. The summed E-state index contributed by atoms with van der Waals surface area (Å²) < 4.78 is 10.7. The molecule has 15 heavy (non-hydrogen) atoms. The van der Waals surface area contributed by atoms with E-state index in [4.69, 9.17) is 21.1 Å². The van der Waals surface area contributed by atoms with Crippen LogP contribution in [0, 0.1) is 0 Å². The van der Waals surface area contributed by atoms with Crippen LogP contribution in [-0.2, 0) is 16.1 Å². The average Bonchev–Trinajstić information content (AvgIpc) is 2.17. The summed E-state index contributed by atoms with van der Waals surface area (Å²) in [5, 5.41) is 0.495. The summed E-state index contributed by atoms with van der Waals surface area (Å²) in [7, 11) is 0. The molecule has 0 N–H and O–H groups in total. The highest BCUT2D eigenvalue weighted by molar-refractivity contribution is 6.29. The topological polar surface area (TPSA) is 31.4 Å². The molecule has 0 unspecified atom stereocenters. The molecule has 0 aliphatic heterocycles. The first kappa shape index (κ1) is 12.4. The Morgan fingerprint density at radius 3 is 2.80 bits per heavy atom. The van der Waals surface area contributed by atoms with E-state index in [0.29, 0.717) is 25.0 Å². The third-order valence-corrected chi connectivity index (χ3v) is 1.91. The van der Waals surface area contributed by atoms with Gasteiger partial charge in [-0.15, -0.1) is 0 Å². The number of ether oxygens (including phenoxy) is 2. The second kappa shape index (κ2) is 6.77. The van der Waals surface area contributed by atoms with E-state index in [0.717, 1.165) is 5.69 Å². The molecule has 1 heterocycles. The minimum absolute atomic E-state index is 0.248. The Morgan fingerprint density at radius 2 is 2.13 bits per heavy atom. The fourth-order valence-electron chi connectivity index (χ4n) is 1.05. The number of hydrogen-bond donors (Lipinski definition) is 0. The van der Waals surface area contributed by atoms with Crippen LogP contribution in [0.25, 0.3) is 0 Å². The smallest absolute Gasteiger partial charge is 0.129 e. The van der Waals surface area contributed by atoms with E-state index in [1.807, 2.05) is 26.0 Å². The van der Waals surface area contributed by atoms with Crippen molar-refractivity contribution in [2.24, 2.45) is 0 Å². The molecule has 0 aliphatic rings. The highest BCUT2D eigenvalue weighted by atomic mass is 35.5. The Labute approximate surface area is 95.4 Å². The van der Waals surface area contributed by atoms with Crippen LogP contribution in [0.2, 0.25) is 5.15 Å². The van der Waals surface area contributed by atoms with Crippen LogP contribution in [0.1, 0.15) is 19.5 Å². The Morgan fingerprint density at radius 1 is 1.33 bits per heavy atom. The molecule has 0 aromatic carbocycles. The van der Waals surface area contributed by atoms with E-state index in [1.165, 1.54) is 0 Å². The van der Waals surface area contributed by atoms with Gasteiger partial charge in [-0.3, -0.25) is 0 Å². The van der Waals surface area contributed by atoms with Gasteiger partial charge in [-0.25, -0.2) is 4.98 Å². The van der Waals surface area contributed by atoms with Gasteiger partial charge >= 0.3 is 0 Å². The van der Waals surface area contributed by atoms with E-state index >= 15 is 0 Å². The minimum atomic E-state index is 0.248. The van der Waals surface area contributed by atoms with Gasteiger partial charge in [0.2, 0.25) is 0 Å². The van der Waals surface area contributed by atoms with Crippen molar-refractivity contribution in [3.8, 4) is 0 Å². The predicted octanol–water partition coefficient (Wildman–Crippen LogP) is 2.68. The first-order chi connectivity index (χ1) is 7.18. The largest absolute Gasteiger partial charge is 0.376 e. The first-order valence-electron chi connectivity index (χ1n) is 4.99. The van der Waals surface area contributed by atoms with E-state index in [9.17, 15) is 0 Å². The van der Waals surface area contributed by atoms with Crippen molar-refractivity contribution >= 4 is 11.6 Å². The van der Waals surface area contributed by atoms with Gasteiger partial charge < -0.3 is 9.47 Å². The summed E-state index contributed by atoms with van der Waals surface area (Å²) in [4.78, 5) is 4.11. The van der Waals surface area contributed by atoms with Gasteiger partial charge in [-0.05, 0) is 26.0 Å². The molecular formula is C11H16ClNO2. The van der Waals surface area contributed by atoms with Crippen LogP contribution >= 0.6 is 11.6 Å². The zero-order chi connectivity index (χ0) is 11.1. The van der Waals surface area contributed by atoms with Crippen molar-refractivity contribution in [2.75, 3.05) is 13.2 Å². The van der Waals surface area contributed by atoms with Crippen molar-refractivity contribution in [3.05, 3.63) is 29.0 Å². The second-order valence-electron chi connectivity index (χ2n) is 3.42. The van der Waals surface area contributed by atoms with Gasteiger partial charge in [0.1, 0.15) is 5.15 Å². The van der Waals surface area contributed by atoms with Crippen LogP contribution in [0.4, 0.5) is 0 Å². The van der Waals surface area contributed by atoms with Crippen molar-refractivity contribution < 1.29 is 9.47 Å². The highest BCUT2D eigenvalue weighted by Crippen LogP contribution is 2.05. The SMILES string of the molecule is CC(C)OCCOCc1cccc(Cl)n1. The maximum atomic E-state index is 5.74. The number of pyridine rings is 1. The third kappa shape index (κ3) is 5.72. The Balaban J connectivity index is 2.15. The molecule has 0 saturated heterocycles. The fourth-order valence-corrected chi connectivity index (χ4v) is 1.23. The lowest BCUT2D eigenvalue weighted by atomic mass is 10.4. The average molecular weight is 230 g/mol. The van der Waals surface area contributed by atoms with Crippen LogP contribution in [0.5, 0.6) is 0 Å². The molecule has 0 fully saturated rings. The number of nitrogens with zero attached hydrogens (tertiary/aromatic N) is 1. The Kier molecular flexibility index (Phi) is 5.61. The first-order valence-corrected chi connectivity index (χ1v) is 5.37. The molecule has 0 amide bonds. The van der Waals surface area contributed by atoms with Gasteiger partial charge in [-0.2, -0.15) is 0 Å². The molecule has 0 spiro atoms. The number of hydrogen-bond acceptors (Lipinski definition) is 3. The standard InChI is InChI=1S/C11H16ClNO2/c1-9(2)15-7-6-14-8-10-4-3-5-11(12)13-10/h3-5,9H,6-8H2,1-2H3. The lowest BCUT2D eigenvalue weighted by Gasteiger charge is -2.07. The van der Waals surface area contributed by atoms with Crippen molar-refractivity contribution in [3.63, 3.8) is 0 Å². The van der Waals surface area contributed by atoms with Crippen LogP contribution < -0.4 is 0 Å². The third-order valence-electron chi connectivity index (χ3n) is 1.70. The summed E-state index contributed by atoms with van der Waals surface area (Å²) in [5.41, 5.74) is 0.840. The molecule has 84 valence electrons. The highest BCUT2D eigenvalue weighted by Gasteiger charge is 1.97. The molecule has 1 aromatic rings. The Hall–Kier alpha value is -0.640. The summed E-state index contributed by atoms with van der Waals surface area (Å²) >= 11 is 5.74. The zero-order valence-corrected chi connectivity index (χ0v) is 9.83. The van der Waals surface area contributed by atoms with Crippen molar-refractivity contribution in [1.29, 1.82) is 0 Å². The van der Waals surface area contributed by atoms with Crippen LogP contribution in [0.3, 0.4) is 0 Å². The van der Waals surface area contributed by atoms with E-state index in [-0.39, 0.29) is 6.10 Å². The quantitative estimate of drug-likeness (QED) is 0.555. The molecule has 1 rings (SSSR count). The van der Waals surface area contributed by atoms with E-state index < -0.39 is 0 Å². The monoisotopic (exact) mass is 229 g/mol. The maximum Gasteiger partial charge on any atom is 0.129 e. The summed E-state index contributed by atoms with van der Waals surface area (Å²) in [6.45, 7) is 5.66. The molecule has 3 nitrogen and oxygen atoms in total. The number of aromatic nitrogens is 1. The fraction of sp³-hybridized carbons (Fsp3) is 0.545.